The molecule has 2 aromatic rings. The number of carbonyl (C=O) groups is 2. The maximum atomic E-state index is 11.6. The van der Waals surface area contributed by atoms with Gasteiger partial charge in [-0.2, -0.15) is 0 Å². The van der Waals surface area contributed by atoms with Gasteiger partial charge >= 0.3 is 5.97 Å². The quantitative estimate of drug-likeness (QED) is 0.865. The highest BCUT2D eigenvalue weighted by Gasteiger charge is 2.11. The Bertz CT molecular complexity index is 604. The number of nitrogens with one attached hydrogen (secondary N) is 1. The molecule has 0 aliphatic carbocycles. The van der Waals surface area contributed by atoms with Crippen LogP contribution in [0, 0.1) is 0 Å². The summed E-state index contributed by atoms with van der Waals surface area (Å²) in [4.78, 5) is 22.0. The molecule has 100 valence electrons. The standard InChI is InChI=1S/C14H16N2O3/c1-10(15-13(17)6-7-14(18)19)16-9-8-11-4-2-3-5-12(11)16/h2-5,8-10H,6-7H2,1H3,(H,15,17)(H,18,19). The van der Waals surface area contributed by atoms with Crippen LogP contribution in [0.15, 0.2) is 36.5 Å². The van der Waals surface area contributed by atoms with Gasteiger partial charge in [-0.25, -0.2) is 0 Å². The van der Waals surface area contributed by atoms with Gasteiger partial charge in [0.1, 0.15) is 6.17 Å². The van der Waals surface area contributed by atoms with E-state index in [0.717, 1.165) is 10.9 Å². The van der Waals surface area contributed by atoms with E-state index < -0.39 is 5.97 Å². The third-order valence-electron chi connectivity index (χ3n) is 2.98. The van der Waals surface area contributed by atoms with E-state index in [0.29, 0.717) is 0 Å². The summed E-state index contributed by atoms with van der Waals surface area (Å²) < 4.78 is 1.95. The second-order valence-electron chi connectivity index (χ2n) is 4.42. The van der Waals surface area contributed by atoms with Crippen LogP contribution in [0.5, 0.6) is 0 Å². The first kappa shape index (κ1) is 13.1. The highest BCUT2D eigenvalue weighted by Crippen LogP contribution is 2.18. The van der Waals surface area contributed by atoms with Crippen molar-refractivity contribution in [1.29, 1.82) is 0 Å². The summed E-state index contributed by atoms with van der Waals surface area (Å²) in [6.07, 6.45) is 1.55. The fourth-order valence-corrected chi connectivity index (χ4v) is 2.04. The normalized spacial score (nSPS) is 12.3. The molecule has 0 bridgehead atoms. The number of aromatic nitrogens is 1. The molecule has 5 heteroatoms. The van der Waals surface area contributed by atoms with Gasteiger partial charge in [0.05, 0.1) is 6.42 Å². The van der Waals surface area contributed by atoms with E-state index in [2.05, 4.69) is 5.32 Å². The lowest BCUT2D eigenvalue weighted by Gasteiger charge is -2.17. The van der Waals surface area contributed by atoms with Crippen molar-refractivity contribution in [3.05, 3.63) is 36.5 Å². The van der Waals surface area contributed by atoms with Crippen LogP contribution in [0.1, 0.15) is 25.9 Å². The predicted octanol–water partition coefficient (Wildman–Crippen LogP) is 2.14. The largest absolute Gasteiger partial charge is 0.481 e. The Balaban J connectivity index is 2.05. The number of para-hydroxylation sites is 1. The second-order valence-corrected chi connectivity index (χ2v) is 4.42. The van der Waals surface area contributed by atoms with Crippen LogP contribution in [-0.2, 0) is 9.59 Å². The third-order valence-corrected chi connectivity index (χ3v) is 2.98. The van der Waals surface area contributed by atoms with E-state index in [1.165, 1.54) is 0 Å². The molecule has 0 fully saturated rings. The van der Waals surface area contributed by atoms with Crippen molar-refractivity contribution < 1.29 is 14.7 Å². The summed E-state index contributed by atoms with van der Waals surface area (Å²) >= 11 is 0. The molecule has 1 aromatic carbocycles. The zero-order valence-electron chi connectivity index (χ0n) is 10.7. The van der Waals surface area contributed by atoms with Gasteiger partial charge in [0.2, 0.25) is 5.91 Å². The second kappa shape index (κ2) is 5.56. The van der Waals surface area contributed by atoms with Crippen LogP contribution in [0.2, 0.25) is 0 Å². The van der Waals surface area contributed by atoms with Gasteiger partial charge in [0.15, 0.2) is 0 Å². The molecule has 0 saturated carbocycles. The zero-order valence-corrected chi connectivity index (χ0v) is 10.7. The van der Waals surface area contributed by atoms with Crippen molar-refractivity contribution in [2.75, 3.05) is 0 Å². The van der Waals surface area contributed by atoms with Gasteiger partial charge in [-0.15, -0.1) is 0 Å². The predicted molar refractivity (Wildman–Crippen MR) is 71.7 cm³/mol. The molecule has 0 spiro atoms. The average molecular weight is 260 g/mol. The van der Waals surface area contributed by atoms with Crippen molar-refractivity contribution in [2.45, 2.75) is 25.9 Å². The number of fused-ring (bicyclic) bond motifs is 1. The summed E-state index contributed by atoms with van der Waals surface area (Å²) in [6, 6.07) is 9.87. The summed E-state index contributed by atoms with van der Waals surface area (Å²) in [5.41, 5.74) is 1.04. The van der Waals surface area contributed by atoms with Crippen molar-refractivity contribution in [1.82, 2.24) is 9.88 Å². The van der Waals surface area contributed by atoms with Crippen LogP contribution in [-0.4, -0.2) is 21.6 Å². The number of amides is 1. The molecule has 0 radical (unpaired) electrons. The van der Waals surface area contributed by atoms with Gasteiger partial charge in [0, 0.05) is 18.1 Å². The number of aliphatic carboxylic acids is 1. The van der Waals surface area contributed by atoms with Crippen molar-refractivity contribution in [3.8, 4) is 0 Å². The first-order valence-corrected chi connectivity index (χ1v) is 6.14. The number of rotatable bonds is 5. The molecule has 1 aromatic heterocycles. The van der Waals surface area contributed by atoms with Gasteiger partial charge in [-0.3, -0.25) is 9.59 Å². The minimum Gasteiger partial charge on any atom is -0.481 e. The monoisotopic (exact) mass is 260 g/mol. The van der Waals surface area contributed by atoms with Crippen molar-refractivity contribution in [3.63, 3.8) is 0 Å². The minimum absolute atomic E-state index is 0.00112. The highest BCUT2D eigenvalue weighted by molar-refractivity contribution is 5.82. The molecule has 1 atom stereocenters. The molecular formula is C14H16N2O3. The Morgan fingerprint density at radius 3 is 2.74 bits per heavy atom. The van der Waals surface area contributed by atoms with Crippen LogP contribution in [0.3, 0.4) is 0 Å². The summed E-state index contributed by atoms with van der Waals surface area (Å²) in [5, 5.41) is 12.4. The summed E-state index contributed by atoms with van der Waals surface area (Å²) in [6.45, 7) is 1.87. The SMILES string of the molecule is CC(NC(=O)CCC(=O)O)n1ccc2ccccc21. The number of carboxylic acid groups (broad SMARTS) is 1. The van der Waals surface area contributed by atoms with Gasteiger partial charge in [-0.1, -0.05) is 18.2 Å². The molecule has 1 heterocycles. The Hall–Kier alpha value is -2.30. The van der Waals surface area contributed by atoms with E-state index in [4.69, 9.17) is 5.11 Å². The number of hydrogen-bond acceptors (Lipinski definition) is 2. The lowest BCUT2D eigenvalue weighted by atomic mass is 10.2. The van der Waals surface area contributed by atoms with E-state index in [9.17, 15) is 9.59 Å². The van der Waals surface area contributed by atoms with Crippen LogP contribution in [0.25, 0.3) is 10.9 Å². The number of carbonyl (C=O) groups excluding carboxylic acids is 1. The van der Waals surface area contributed by atoms with Crippen molar-refractivity contribution >= 4 is 22.8 Å². The summed E-state index contributed by atoms with van der Waals surface area (Å²) in [5.74, 6) is -1.22. The van der Waals surface area contributed by atoms with Gasteiger partial charge < -0.3 is 15.0 Å². The lowest BCUT2D eigenvalue weighted by molar-refractivity contribution is -0.139. The smallest absolute Gasteiger partial charge is 0.303 e. The van der Waals surface area contributed by atoms with Crippen LogP contribution < -0.4 is 5.32 Å². The molecule has 19 heavy (non-hydrogen) atoms. The molecule has 0 aliphatic rings. The maximum Gasteiger partial charge on any atom is 0.303 e. The van der Waals surface area contributed by atoms with E-state index in [-0.39, 0.29) is 24.9 Å². The first-order valence-electron chi connectivity index (χ1n) is 6.14. The molecule has 1 unspecified atom stereocenters. The fourth-order valence-electron chi connectivity index (χ4n) is 2.04. The first-order chi connectivity index (χ1) is 9.08. The van der Waals surface area contributed by atoms with E-state index >= 15 is 0 Å². The Labute approximate surface area is 110 Å². The third kappa shape index (κ3) is 3.13. The molecule has 1 amide bonds. The number of benzene rings is 1. The van der Waals surface area contributed by atoms with Crippen molar-refractivity contribution in [2.24, 2.45) is 0 Å². The average Bonchev–Trinajstić information content (AvgIpc) is 2.80. The molecule has 2 N–H and O–H groups in total. The molecule has 5 nitrogen and oxygen atoms in total. The van der Waals surface area contributed by atoms with Crippen LogP contribution in [0.4, 0.5) is 0 Å². The van der Waals surface area contributed by atoms with Gasteiger partial charge in [0.25, 0.3) is 0 Å². The Morgan fingerprint density at radius 1 is 1.26 bits per heavy atom. The Morgan fingerprint density at radius 2 is 2.00 bits per heavy atom. The van der Waals surface area contributed by atoms with E-state index in [1.807, 2.05) is 48.0 Å². The lowest BCUT2D eigenvalue weighted by Crippen LogP contribution is -2.30. The van der Waals surface area contributed by atoms with Gasteiger partial charge in [-0.05, 0) is 24.4 Å². The fraction of sp³-hybridized carbons (Fsp3) is 0.286. The van der Waals surface area contributed by atoms with E-state index in [1.54, 1.807) is 0 Å². The molecule has 2 rings (SSSR count). The summed E-state index contributed by atoms with van der Waals surface area (Å²) in [7, 11) is 0. The topological polar surface area (TPSA) is 71.3 Å². The number of nitrogens with zero attached hydrogens (tertiary/aromatic N) is 1. The Kier molecular flexibility index (Phi) is 3.85. The molecular weight excluding hydrogens is 244 g/mol. The zero-order chi connectivity index (χ0) is 13.8. The maximum absolute atomic E-state index is 11.6. The molecule has 0 saturated heterocycles. The number of carboxylic acids is 1. The number of hydrogen-bond donors (Lipinski definition) is 2. The highest BCUT2D eigenvalue weighted by atomic mass is 16.4. The minimum atomic E-state index is -0.964. The van der Waals surface area contributed by atoms with Crippen LogP contribution >= 0.6 is 0 Å². The molecule has 0 aliphatic heterocycles.